The molecule has 6 nitrogen and oxygen atoms in total. The summed E-state index contributed by atoms with van der Waals surface area (Å²) in [6.45, 7) is 6.15. The van der Waals surface area contributed by atoms with Crippen LogP contribution in [0.3, 0.4) is 0 Å². The van der Waals surface area contributed by atoms with Crippen molar-refractivity contribution in [2.75, 3.05) is 0 Å². The van der Waals surface area contributed by atoms with Crippen LogP contribution in [0, 0.1) is 12.8 Å². The highest BCUT2D eigenvalue weighted by molar-refractivity contribution is 5.83. The maximum absolute atomic E-state index is 11.8. The van der Waals surface area contributed by atoms with Crippen molar-refractivity contribution in [1.29, 1.82) is 0 Å². The summed E-state index contributed by atoms with van der Waals surface area (Å²) in [4.78, 5) is 34.5. The molecule has 2 N–H and O–H groups in total. The van der Waals surface area contributed by atoms with E-state index < -0.39 is 12.0 Å². The molecule has 0 radical (unpaired) electrons. The maximum Gasteiger partial charge on any atom is 0.326 e. The standard InChI is InChI=1S/C16H24N2O4/c1-11(2)9-13(16(21)22)17-14(19)5-4-8-18-10-12(3)6-7-15(18)20/h6-7,10-11,13H,4-5,8-9H2,1-3H3,(H,17,19)(H,21,22). The SMILES string of the molecule is Cc1ccc(=O)n(CCCC(=O)NC(CC(C)C)C(=O)O)c1. The molecule has 122 valence electrons. The number of pyridine rings is 1. The number of aliphatic carboxylic acids is 1. The van der Waals surface area contributed by atoms with Gasteiger partial charge in [0, 0.05) is 25.2 Å². The number of aryl methyl sites for hydroxylation is 2. The number of nitrogens with zero attached hydrogens (tertiary/aromatic N) is 1. The van der Waals surface area contributed by atoms with Crippen LogP contribution in [-0.2, 0) is 16.1 Å². The van der Waals surface area contributed by atoms with Crippen molar-refractivity contribution >= 4 is 11.9 Å². The van der Waals surface area contributed by atoms with Gasteiger partial charge >= 0.3 is 5.97 Å². The lowest BCUT2D eigenvalue weighted by Gasteiger charge is -2.16. The molecule has 0 aliphatic carbocycles. The minimum absolute atomic E-state index is 0.103. The van der Waals surface area contributed by atoms with Crippen molar-refractivity contribution in [2.45, 2.75) is 52.6 Å². The molecule has 0 aromatic carbocycles. The van der Waals surface area contributed by atoms with Crippen LogP contribution in [0.2, 0.25) is 0 Å². The molecule has 1 unspecified atom stereocenters. The minimum Gasteiger partial charge on any atom is -0.480 e. The number of nitrogens with one attached hydrogen (secondary N) is 1. The number of aromatic nitrogens is 1. The molecule has 22 heavy (non-hydrogen) atoms. The summed E-state index contributed by atoms with van der Waals surface area (Å²) in [7, 11) is 0. The predicted octanol–water partition coefficient (Wildman–Crippen LogP) is 1.55. The highest BCUT2D eigenvalue weighted by Gasteiger charge is 2.20. The Balaban J connectivity index is 2.47. The predicted molar refractivity (Wildman–Crippen MR) is 83.7 cm³/mol. The second kappa shape index (κ2) is 8.36. The molecular formula is C16H24N2O4. The van der Waals surface area contributed by atoms with Crippen LogP contribution in [0.15, 0.2) is 23.1 Å². The molecule has 1 rings (SSSR count). The number of carbonyl (C=O) groups excluding carboxylic acids is 1. The molecule has 0 bridgehead atoms. The third-order valence-electron chi connectivity index (χ3n) is 3.27. The second-order valence-corrected chi connectivity index (χ2v) is 5.93. The van der Waals surface area contributed by atoms with Crippen LogP contribution >= 0.6 is 0 Å². The molecule has 0 fully saturated rings. The first kappa shape index (κ1) is 17.9. The van der Waals surface area contributed by atoms with Crippen LogP contribution < -0.4 is 10.9 Å². The molecular weight excluding hydrogens is 284 g/mol. The Labute approximate surface area is 130 Å². The molecule has 1 atom stereocenters. The Morgan fingerprint density at radius 2 is 2.00 bits per heavy atom. The Kier molecular flexibility index (Phi) is 6.82. The normalized spacial score (nSPS) is 12.2. The van der Waals surface area contributed by atoms with Gasteiger partial charge in [-0.25, -0.2) is 4.79 Å². The van der Waals surface area contributed by atoms with Gasteiger partial charge in [-0.3, -0.25) is 9.59 Å². The molecule has 1 aromatic heterocycles. The molecule has 1 heterocycles. The highest BCUT2D eigenvalue weighted by atomic mass is 16.4. The summed E-state index contributed by atoms with van der Waals surface area (Å²) >= 11 is 0. The molecule has 1 amide bonds. The van der Waals surface area contributed by atoms with Gasteiger partial charge in [0.1, 0.15) is 6.04 Å². The fourth-order valence-corrected chi connectivity index (χ4v) is 2.20. The van der Waals surface area contributed by atoms with Crippen LogP contribution in [0.1, 0.15) is 38.7 Å². The van der Waals surface area contributed by atoms with Gasteiger partial charge < -0.3 is 15.0 Å². The number of carbonyl (C=O) groups is 2. The molecule has 1 aromatic rings. The van der Waals surface area contributed by atoms with E-state index in [1.807, 2.05) is 20.8 Å². The zero-order valence-corrected chi connectivity index (χ0v) is 13.3. The molecule has 0 aliphatic heterocycles. The van der Waals surface area contributed by atoms with Gasteiger partial charge in [-0.15, -0.1) is 0 Å². The van der Waals surface area contributed by atoms with Gasteiger partial charge in [0.15, 0.2) is 0 Å². The topological polar surface area (TPSA) is 88.4 Å². The molecule has 0 spiro atoms. The Bertz CT molecular complexity index is 578. The van der Waals surface area contributed by atoms with E-state index in [1.165, 1.54) is 6.07 Å². The quantitative estimate of drug-likeness (QED) is 0.762. The number of hydrogen-bond acceptors (Lipinski definition) is 3. The van der Waals surface area contributed by atoms with Gasteiger partial charge in [-0.1, -0.05) is 19.9 Å². The van der Waals surface area contributed by atoms with Crippen molar-refractivity contribution < 1.29 is 14.7 Å². The van der Waals surface area contributed by atoms with Gasteiger partial charge in [0.2, 0.25) is 5.91 Å². The molecule has 6 heteroatoms. The summed E-state index contributed by atoms with van der Waals surface area (Å²) in [5.41, 5.74) is 0.876. The number of amides is 1. The van der Waals surface area contributed by atoms with E-state index in [0.717, 1.165) is 5.56 Å². The number of rotatable bonds is 8. The lowest BCUT2D eigenvalue weighted by Crippen LogP contribution is -2.41. The summed E-state index contributed by atoms with van der Waals surface area (Å²) < 4.78 is 1.56. The zero-order chi connectivity index (χ0) is 16.7. The van der Waals surface area contributed by atoms with Crippen molar-refractivity contribution in [1.82, 2.24) is 9.88 Å². The van der Waals surface area contributed by atoms with E-state index in [4.69, 9.17) is 5.11 Å². The maximum atomic E-state index is 11.8. The molecule has 0 saturated carbocycles. The summed E-state index contributed by atoms with van der Waals surface area (Å²) in [6.07, 6.45) is 2.84. The fraction of sp³-hybridized carbons (Fsp3) is 0.562. The van der Waals surface area contributed by atoms with Crippen molar-refractivity contribution in [2.24, 2.45) is 5.92 Å². The van der Waals surface area contributed by atoms with Gasteiger partial charge in [0.25, 0.3) is 5.56 Å². The Morgan fingerprint density at radius 3 is 2.59 bits per heavy atom. The first-order chi connectivity index (χ1) is 10.3. The van der Waals surface area contributed by atoms with E-state index in [1.54, 1.807) is 16.8 Å². The van der Waals surface area contributed by atoms with Gasteiger partial charge in [0.05, 0.1) is 0 Å². The van der Waals surface area contributed by atoms with Crippen LogP contribution in [0.5, 0.6) is 0 Å². The average molecular weight is 308 g/mol. The van der Waals surface area contributed by atoms with E-state index >= 15 is 0 Å². The fourth-order valence-electron chi connectivity index (χ4n) is 2.20. The third kappa shape index (κ3) is 6.11. The van der Waals surface area contributed by atoms with Crippen LogP contribution in [0.25, 0.3) is 0 Å². The van der Waals surface area contributed by atoms with Crippen molar-refractivity contribution in [3.8, 4) is 0 Å². The van der Waals surface area contributed by atoms with Crippen molar-refractivity contribution in [3.05, 3.63) is 34.2 Å². The lowest BCUT2D eigenvalue weighted by atomic mass is 10.0. The number of carboxylic acid groups (broad SMARTS) is 1. The first-order valence-electron chi connectivity index (χ1n) is 7.49. The van der Waals surface area contributed by atoms with Gasteiger partial charge in [-0.05, 0) is 31.2 Å². The van der Waals surface area contributed by atoms with E-state index in [9.17, 15) is 14.4 Å². The number of hydrogen-bond donors (Lipinski definition) is 2. The van der Waals surface area contributed by atoms with Crippen LogP contribution in [0.4, 0.5) is 0 Å². The molecule has 0 aliphatic rings. The Hall–Kier alpha value is -2.11. The van der Waals surface area contributed by atoms with Crippen molar-refractivity contribution in [3.63, 3.8) is 0 Å². The average Bonchev–Trinajstić information content (AvgIpc) is 2.41. The monoisotopic (exact) mass is 308 g/mol. The highest BCUT2D eigenvalue weighted by Crippen LogP contribution is 2.06. The smallest absolute Gasteiger partial charge is 0.326 e. The lowest BCUT2D eigenvalue weighted by molar-refractivity contribution is -0.142. The van der Waals surface area contributed by atoms with Gasteiger partial charge in [-0.2, -0.15) is 0 Å². The Morgan fingerprint density at radius 1 is 1.32 bits per heavy atom. The zero-order valence-electron chi connectivity index (χ0n) is 13.3. The largest absolute Gasteiger partial charge is 0.480 e. The van der Waals surface area contributed by atoms with Crippen LogP contribution in [-0.4, -0.2) is 27.6 Å². The minimum atomic E-state index is -1.02. The summed E-state index contributed by atoms with van der Waals surface area (Å²) in [5.74, 6) is -1.13. The third-order valence-corrected chi connectivity index (χ3v) is 3.27. The first-order valence-corrected chi connectivity index (χ1v) is 7.49. The summed E-state index contributed by atoms with van der Waals surface area (Å²) in [5, 5.41) is 11.6. The van der Waals surface area contributed by atoms with E-state index in [-0.39, 0.29) is 23.8 Å². The van der Waals surface area contributed by atoms with E-state index in [0.29, 0.717) is 19.4 Å². The second-order valence-electron chi connectivity index (χ2n) is 5.93. The molecule has 0 saturated heterocycles. The summed E-state index contributed by atoms with van der Waals surface area (Å²) in [6, 6.07) is 2.39. The number of carboxylic acids is 1. The van der Waals surface area contributed by atoms with E-state index in [2.05, 4.69) is 5.32 Å².